The van der Waals surface area contributed by atoms with Gasteiger partial charge in [-0.1, -0.05) is 12.1 Å². The van der Waals surface area contributed by atoms with Crippen molar-refractivity contribution < 1.29 is 13.2 Å². The van der Waals surface area contributed by atoms with Gasteiger partial charge in [0.15, 0.2) is 0 Å². The Morgan fingerprint density at radius 3 is 2.42 bits per heavy atom. The molecule has 8 heteroatoms. The topological polar surface area (TPSA) is 102 Å². The number of thiazole rings is 1. The maximum Gasteiger partial charge on any atom is 0.238 e. The molecule has 0 bridgehead atoms. The van der Waals surface area contributed by atoms with E-state index in [-0.39, 0.29) is 10.8 Å². The molecule has 0 unspecified atom stereocenters. The summed E-state index contributed by atoms with van der Waals surface area (Å²) in [7, 11) is -3.66. The molecule has 1 amide bonds. The Morgan fingerprint density at radius 2 is 1.88 bits per heavy atom. The third-order valence-electron chi connectivity index (χ3n) is 3.63. The van der Waals surface area contributed by atoms with E-state index in [1.807, 2.05) is 13.8 Å². The molecule has 3 N–H and O–H groups in total. The van der Waals surface area contributed by atoms with Crippen molar-refractivity contribution >= 4 is 27.3 Å². The van der Waals surface area contributed by atoms with Gasteiger partial charge in [-0.25, -0.2) is 18.5 Å². The number of benzene rings is 1. The average molecular weight is 367 g/mol. The van der Waals surface area contributed by atoms with E-state index in [9.17, 15) is 13.2 Å². The van der Waals surface area contributed by atoms with Crippen molar-refractivity contribution in [3.05, 3.63) is 45.4 Å². The predicted molar refractivity (Wildman–Crippen MR) is 94.4 cm³/mol. The molecule has 1 aromatic carbocycles. The van der Waals surface area contributed by atoms with Crippen molar-refractivity contribution in [2.45, 2.75) is 38.0 Å². The summed E-state index contributed by atoms with van der Waals surface area (Å²) in [6.45, 7) is 4.50. The zero-order valence-electron chi connectivity index (χ0n) is 13.7. The molecule has 0 spiro atoms. The number of carbonyl (C=O) groups is 1. The molecular weight excluding hydrogens is 346 g/mol. The highest BCUT2D eigenvalue weighted by molar-refractivity contribution is 7.89. The number of aryl methyl sites for hydroxylation is 3. The fourth-order valence-electron chi connectivity index (χ4n) is 2.15. The average Bonchev–Trinajstić information content (AvgIpc) is 2.83. The molecule has 0 saturated heterocycles. The second kappa shape index (κ2) is 7.87. The lowest BCUT2D eigenvalue weighted by Gasteiger charge is -2.05. The molecule has 1 heterocycles. The van der Waals surface area contributed by atoms with Crippen LogP contribution >= 0.6 is 11.3 Å². The van der Waals surface area contributed by atoms with Crippen LogP contribution in [0.4, 0.5) is 0 Å². The second-order valence-electron chi connectivity index (χ2n) is 5.54. The van der Waals surface area contributed by atoms with E-state index in [1.165, 1.54) is 17.0 Å². The first-order valence-corrected chi connectivity index (χ1v) is 9.93. The van der Waals surface area contributed by atoms with Gasteiger partial charge in [0.2, 0.25) is 15.9 Å². The molecule has 0 radical (unpaired) electrons. The van der Waals surface area contributed by atoms with E-state index in [0.717, 1.165) is 16.3 Å². The zero-order valence-corrected chi connectivity index (χ0v) is 15.3. The number of nitrogens with one attached hydrogen (secondary N) is 1. The SMILES string of the molecule is Cc1nc(CCC(=O)NCCc2ccc(S(N)(=O)=O)cc2)sc1C. The van der Waals surface area contributed by atoms with Crippen molar-refractivity contribution in [2.24, 2.45) is 5.14 Å². The third kappa shape index (κ3) is 5.40. The lowest BCUT2D eigenvalue weighted by atomic mass is 10.1. The number of nitrogens with zero attached hydrogens (tertiary/aromatic N) is 1. The quantitative estimate of drug-likeness (QED) is 0.777. The molecule has 0 atom stereocenters. The Bertz CT molecular complexity index is 792. The van der Waals surface area contributed by atoms with Gasteiger partial charge in [0, 0.05) is 24.3 Å². The number of aromatic nitrogens is 1. The monoisotopic (exact) mass is 367 g/mol. The van der Waals surface area contributed by atoms with Crippen LogP contribution in [-0.2, 0) is 27.7 Å². The van der Waals surface area contributed by atoms with Gasteiger partial charge in [-0.05, 0) is 38.0 Å². The molecule has 0 fully saturated rings. The summed E-state index contributed by atoms with van der Waals surface area (Å²) >= 11 is 1.63. The van der Waals surface area contributed by atoms with Crippen LogP contribution in [0, 0.1) is 13.8 Å². The van der Waals surface area contributed by atoms with Gasteiger partial charge in [-0.3, -0.25) is 4.79 Å². The van der Waals surface area contributed by atoms with Crippen molar-refractivity contribution in [2.75, 3.05) is 6.54 Å². The summed E-state index contributed by atoms with van der Waals surface area (Å²) in [5, 5.41) is 8.90. The van der Waals surface area contributed by atoms with Gasteiger partial charge < -0.3 is 5.32 Å². The number of sulfonamides is 1. The van der Waals surface area contributed by atoms with Crippen LogP contribution in [0.15, 0.2) is 29.2 Å². The Hall–Kier alpha value is -1.77. The maximum atomic E-state index is 11.9. The van der Waals surface area contributed by atoms with Crippen LogP contribution in [0.3, 0.4) is 0 Å². The first kappa shape index (κ1) is 18.6. The summed E-state index contributed by atoms with van der Waals surface area (Å²) in [6, 6.07) is 6.35. The lowest BCUT2D eigenvalue weighted by molar-refractivity contribution is -0.121. The summed E-state index contributed by atoms with van der Waals surface area (Å²) < 4.78 is 22.4. The standard InChI is InChI=1S/C16H21N3O3S2/c1-11-12(2)23-16(19-11)8-7-15(20)18-10-9-13-3-5-14(6-4-13)24(17,21)22/h3-6H,7-10H2,1-2H3,(H,18,20)(H2,17,21,22). The van der Waals surface area contributed by atoms with Crippen LogP contribution in [0.1, 0.15) is 27.6 Å². The van der Waals surface area contributed by atoms with Gasteiger partial charge in [0.05, 0.1) is 15.6 Å². The number of hydrogen-bond acceptors (Lipinski definition) is 5. The summed E-state index contributed by atoms with van der Waals surface area (Å²) in [6.07, 6.45) is 1.69. The summed E-state index contributed by atoms with van der Waals surface area (Å²) in [4.78, 5) is 17.5. The lowest BCUT2D eigenvalue weighted by Crippen LogP contribution is -2.25. The van der Waals surface area contributed by atoms with Crippen molar-refractivity contribution in [3.63, 3.8) is 0 Å². The van der Waals surface area contributed by atoms with Gasteiger partial charge in [-0.15, -0.1) is 11.3 Å². The van der Waals surface area contributed by atoms with E-state index >= 15 is 0 Å². The summed E-state index contributed by atoms with van der Waals surface area (Å²) in [5.41, 5.74) is 1.97. The molecule has 130 valence electrons. The van der Waals surface area contributed by atoms with Gasteiger partial charge in [0.1, 0.15) is 0 Å². The van der Waals surface area contributed by atoms with Crippen molar-refractivity contribution in [1.82, 2.24) is 10.3 Å². The molecule has 0 aliphatic carbocycles. The van der Waals surface area contributed by atoms with E-state index < -0.39 is 10.0 Å². The molecule has 0 aliphatic heterocycles. The first-order chi connectivity index (χ1) is 11.3. The molecule has 2 aromatic rings. The summed E-state index contributed by atoms with van der Waals surface area (Å²) in [5.74, 6) is -0.0123. The van der Waals surface area contributed by atoms with E-state index in [1.54, 1.807) is 23.5 Å². The number of carbonyl (C=O) groups excluding carboxylic acids is 1. The number of nitrogens with two attached hydrogens (primary N) is 1. The van der Waals surface area contributed by atoms with E-state index in [0.29, 0.717) is 25.8 Å². The fourth-order valence-corrected chi connectivity index (χ4v) is 3.60. The highest BCUT2D eigenvalue weighted by Crippen LogP contribution is 2.17. The zero-order chi connectivity index (χ0) is 17.7. The van der Waals surface area contributed by atoms with Crippen LogP contribution < -0.4 is 10.5 Å². The minimum absolute atomic E-state index is 0.0123. The van der Waals surface area contributed by atoms with E-state index in [2.05, 4.69) is 10.3 Å². The highest BCUT2D eigenvalue weighted by Gasteiger charge is 2.08. The molecule has 0 saturated carbocycles. The molecule has 24 heavy (non-hydrogen) atoms. The largest absolute Gasteiger partial charge is 0.356 e. The van der Waals surface area contributed by atoms with Crippen LogP contribution in [0.25, 0.3) is 0 Å². The first-order valence-electron chi connectivity index (χ1n) is 7.57. The highest BCUT2D eigenvalue weighted by atomic mass is 32.2. The number of amides is 1. The van der Waals surface area contributed by atoms with Gasteiger partial charge >= 0.3 is 0 Å². The number of rotatable bonds is 7. The number of hydrogen-bond donors (Lipinski definition) is 2. The molecule has 0 aliphatic rings. The van der Waals surface area contributed by atoms with Crippen molar-refractivity contribution in [1.29, 1.82) is 0 Å². The van der Waals surface area contributed by atoms with Crippen LogP contribution in [-0.4, -0.2) is 25.9 Å². The predicted octanol–water partition coefficient (Wildman–Crippen LogP) is 1.70. The molecule has 2 rings (SSSR count). The smallest absolute Gasteiger partial charge is 0.238 e. The van der Waals surface area contributed by atoms with Gasteiger partial charge in [-0.2, -0.15) is 0 Å². The Labute approximate surface area is 146 Å². The maximum absolute atomic E-state index is 11.9. The Kier molecular flexibility index (Phi) is 6.09. The minimum Gasteiger partial charge on any atom is -0.356 e. The normalized spacial score (nSPS) is 11.5. The van der Waals surface area contributed by atoms with Gasteiger partial charge in [0.25, 0.3) is 0 Å². The van der Waals surface area contributed by atoms with Crippen LogP contribution in [0.5, 0.6) is 0 Å². The fraction of sp³-hybridized carbons (Fsp3) is 0.375. The van der Waals surface area contributed by atoms with Crippen LogP contribution in [0.2, 0.25) is 0 Å². The Balaban J connectivity index is 1.74. The van der Waals surface area contributed by atoms with Crippen molar-refractivity contribution in [3.8, 4) is 0 Å². The molecule has 6 nitrogen and oxygen atoms in total. The number of primary sulfonamides is 1. The third-order valence-corrected chi connectivity index (χ3v) is 5.69. The minimum atomic E-state index is -3.66. The Morgan fingerprint density at radius 1 is 1.21 bits per heavy atom. The molecular formula is C16H21N3O3S2. The molecule has 1 aromatic heterocycles. The van der Waals surface area contributed by atoms with E-state index in [4.69, 9.17) is 5.14 Å². The second-order valence-corrected chi connectivity index (χ2v) is 8.39.